The maximum Gasteiger partial charge on any atom is 0.306 e. The lowest BCUT2D eigenvalue weighted by atomic mass is 10.1. The Morgan fingerprint density at radius 2 is 0.652 bits per heavy atom. The van der Waals surface area contributed by atoms with Crippen molar-refractivity contribution in [2.24, 2.45) is 0 Å². The van der Waals surface area contributed by atoms with Gasteiger partial charge in [-0.15, -0.1) is 0 Å². The zero-order valence-corrected chi connectivity index (χ0v) is 42.7. The van der Waals surface area contributed by atoms with Crippen LogP contribution in [0.2, 0.25) is 0 Å². The molecule has 1 atom stereocenters. The minimum absolute atomic E-state index is 0.129. The average Bonchev–Trinajstić information content (AvgIpc) is 3.31. The molecule has 66 heavy (non-hydrogen) atoms. The van der Waals surface area contributed by atoms with Gasteiger partial charge in [0.25, 0.3) is 0 Å². The number of rotatable bonds is 47. The molecule has 0 aromatic rings. The van der Waals surface area contributed by atoms with Crippen LogP contribution in [-0.4, -0.2) is 37.2 Å². The average molecular weight is 915 g/mol. The molecule has 0 aliphatic heterocycles. The molecule has 0 aliphatic rings. The summed E-state index contributed by atoms with van der Waals surface area (Å²) in [7, 11) is 0. The number of allylic oxidation sites excluding steroid dienone is 18. The van der Waals surface area contributed by atoms with Crippen LogP contribution in [0.4, 0.5) is 0 Å². The van der Waals surface area contributed by atoms with Gasteiger partial charge in [0, 0.05) is 19.3 Å². The van der Waals surface area contributed by atoms with Crippen LogP contribution in [0, 0.1) is 0 Å². The summed E-state index contributed by atoms with van der Waals surface area (Å²) in [4.78, 5) is 38.0. The molecule has 0 fully saturated rings. The van der Waals surface area contributed by atoms with Crippen molar-refractivity contribution in [3.05, 3.63) is 109 Å². The van der Waals surface area contributed by atoms with Gasteiger partial charge in [0.1, 0.15) is 13.2 Å². The van der Waals surface area contributed by atoms with Crippen LogP contribution in [0.1, 0.15) is 233 Å². The van der Waals surface area contributed by atoms with Gasteiger partial charge in [-0.1, -0.05) is 226 Å². The minimum Gasteiger partial charge on any atom is -0.462 e. The predicted octanol–water partition coefficient (Wildman–Crippen LogP) is 17.9. The molecule has 0 aromatic heterocycles. The first-order valence-electron chi connectivity index (χ1n) is 26.9. The van der Waals surface area contributed by atoms with Gasteiger partial charge in [-0.05, 0) is 96.3 Å². The van der Waals surface area contributed by atoms with Crippen molar-refractivity contribution in [1.82, 2.24) is 0 Å². The summed E-state index contributed by atoms with van der Waals surface area (Å²) in [6.45, 7) is 6.46. The van der Waals surface area contributed by atoms with E-state index in [0.29, 0.717) is 19.3 Å². The third-order valence-electron chi connectivity index (χ3n) is 11.1. The summed E-state index contributed by atoms with van der Waals surface area (Å²) < 4.78 is 16.7. The lowest BCUT2D eigenvalue weighted by Crippen LogP contribution is -2.30. The van der Waals surface area contributed by atoms with E-state index in [0.717, 1.165) is 77.0 Å². The highest BCUT2D eigenvalue weighted by Gasteiger charge is 2.19. The van der Waals surface area contributed by atoms with E-state index in [-0.39, 0.29) is 44.0 Å². The number of carbonyl (C=O) groups is 3. The van der Waals surface area contributed by atoms with Gasteiger partial charge in [-0.2, -0.15) is 0 Å². The summed E-state index contributed by atoms with van der Waals surface area (Å²) in [6, 6.07) is 0. The van der Waals surface area contributed by atoms with E-state index in [1.54, 1.807) is 0 Å². The standard InChI is InChI=1S/C60H98O6/c1-4-7-10-13-16-19-22-25-27-29-31-32-35-38-41-44-47-50-53-59(62)65-56-57(55-64-58(61)52-49-46-43-40-37-34-24-21-18-15-12-9-6-3)66-60(63)54-51-48-45-42-39-36-33-30-28-26-23-20-17-14-11-8-5-2/h16,19,22,25-29,31-34,36-37,42-43,45-46,57H,4-15,17-18,20-21,23-24,30,35,38-41,44,47-56H2,1-3H3/b19-16+,25-22+,28-26+,29-27+,32-31+,36-33+,37-34+,45-42+,46-43+. The highest BCUT2D eigenvalue weighted by molar-refractivity contribution is 5.71. The molecule has 1 unspecified atom stereocenters. The molecule has 0 aliphatic carbocycles. The van der Waals surface area contributed by atoms with Crippen LogP contribution < -0.4 is 0 Å². The Bertz CT molecular complexity index is 1370. The third-order valence-corrected chi connectivity index (χ3v) is 11.1. The largest absolute Gasteiger partial charge is 0.462 e. The molecule has 0 N–H and O–H groups in total. The summed E-state index contributed by atoms with van der Waals surface area (Å²) in [5.74, 6) is -1.08. The van der Waals surface area contributed by atoms with E-state index in [4.69, 9.17) is 14.2 Å². The second-order valence-electron chi connectivity index (χ2n) is 17.5. The fourth-order valence-corrected chi connectivity index (χ4v) is 6.99. The van der Waals surface area contributed by atoms with Crippen molar-refractivity contribution in [3.8, 4) is 0 Å². The van der Waals surface area contributed by atoms with Crippen LogP contribution in [-0.2, 0) is 28.6 Å². The van der Waals surface area contributed by atoms with Crippen LogP contribution >= 0.6 is 0 Å². The summed E-state index contributed by atoms with van der Waals surface area (Å²) >= 11 is 0. The molecule has 0 heterocycles. The highest BCUT2D eigenvalue weighted by Crippen LogP contribution is 2.12. The van der Waals surface area contributed by atoms with Gasteiger partial charge < -0.3 is 14.2 Å². The smallest absolute Gasteiger partial charge is 0.306 e. The molecule has 0 amide bonds. The maximum absolute atomic E-state index is 12.8. The molecule has 0 saturated carbocycles. The maximum atomic E-state index is 12.8. The SMILES string of the molecule is CCCCC/C=C/C=C/C=C/C=C/CCCCCCCC(=O)OCC(COC(=O)CC/C=C/C/C=C/CCCCCCCC)OC(=O)CCC/C=C/C/C=C/C/C=C/CCCCCCCC. The molecule has 0 spiro atoms. The van der Waals surface area contributed by atoms with Crippen molar-refractivity contribution >= 4 is 17.9 Å². The van der Waals surface area contributed by atoms with Crippen LogP contribution in [0.5, 0.6) is 0 Å². The van der Waals surface area contributed by atoms with E-state index < -0.39 is 6.10 Å². The van der Waals surface area contributed by atoms with Gasteiger partial charge >= 0.3 is 17.9 Å². The number of hydrogen-bond acceptors (Lipinski definition) is 6. The summed E-state index contributed by atoms with van der Waals surface area (Å²) in [6.07, 6.45) is 72.3. The Labute approximate surface area is 406 Å². The zero-order chi connectivity index (χ0) is 47.9. The van der Waals surface area contributed by atoms with Gasteiger partial charge in [0.2, 0.25) is 0 Å². The van der Waals surface area contributed by atoms with Crippen molar-refractivity contribution in [2.45, 2.75) is 239 Å². The van der Waals surface area contributed by atoms with Gasteiger partial charge in [-0.3, -0.25) is 14.4 Å². The molecule has 374 valence electrons. The quantitative estimate of drug-likeness (QED) is 0.0199. The molecule has 6 heteroatoms. The second-order valence-corrected chi connectivity index (χ2v) is 17.5. The van der Waals surface area contributed by atoms with E-state index in [9.17, 15) is 14.4 Å². The highest BCUT2D eigenvalue weighted by atomic mass is 16.6. The molecular formula is C60H98O6. The van der Waals surface area contributed by atoms with E-state index in [1.807, 2.05) is 6.08 Å². The molecule has 0 bridgehead atoms. The van der Waals surface area contributed by atoms with E-state index in [1.165, 1.54) is 103 Å². The van der Waals surface area contributed by atoms with Crippen molar-refractivity contribution in [2.75, 3.05) is 13.2 Å². The van der Waals surface area contributed by atoms with Crippen LogP contribution in [0.15, 0.2) is 109 Å². The first-order valence-corrected chi connectivity index (χ1v) is 26.9. The molecule has 0 saturated heterocycles. The lowest BCUT2D eigenvalue weighted by Gasteiger charge is -2.18. The van der Waals surface area contributed by atoms with Gasteiger partial charge in [-0.25, -0.2) is 0 Å². The monoisotopic (exact) mass is 915 g/mol. The predicted molar refractivity (Wildman–Crippen MR) is 283 cm³/mol. The molecular weight excluding hydrogens is 817 g/mol. The van der Waals surface area contributed by atoms with E-state index in [2.05, 4.69) is 124 Å². The number of esters is 3. The number of hydrogen-bond donors (Lipinski definition) is 0. The van der Waals surface area contributed by atoms with Crippen LogP contribution in [0.3, 0.4) is 0 Å². The van der Waals surface area contributed by atoms with E-state index >= 15 is 0 Å². The topological polar surface area (TPSA) is 78.9 Å². The van der Waals surface area contributed by atoms with Crippen molar-refractivity contribution < 1.29 is 28.6 Å². The van der Waals surface area contributed by atoms with Crippen molar-refractivity contribution in [1.29, 1.82) is 0 Å². The number of unbranched alkanes of at least 4 members (excludes halogenated alkanes) is 21. The Kier molecular flexibility index (Phi) is 50.5. The second kappa shape index (κ2) is 53.7. The third kappa shape index (κ3) is 51.1. The Hall–Kier alpha value is -3.93. The summed E-state index contributed by atoms with van der Waals surface area (Å²) in [5.41, 5.74) is 0. The molecule has 6 nitrogen and oxygen atoms in total. The normalized spacial score (nSPS) is 13.0. The Morgan fingerprint density at radius 3 is 1.15 bits per heavy atom. The fraction of sp³-hybridized carbons (Fsp3) is 0.650. The minimum atomic E-state index is -0.839. The van der Waals surface area contributed by atoms with Gasteiger partial charge in [0.15, 0.2) is 6.10 Å². The Balaban J connectivity index is 4.58. The zero-order valence-electron chi connectivity index (χ0n) is 42.7. The van der Waals surface area contributed by atoms with Gasteiger partial charge in [0.05, 0.1) is 0 Å². The number of carbonyl (C=O) groups excluding carboxylic acids is 3. The first kappa shape index (κ1) is 62.1. The fourth-order valence-electron chi connectivity index (χ4n) is 6.99. The Morgan fingerprint density at radius 1 is 0.318 bits per heavy atom. The first-order chi connectivity index (χ1) is 32.5. The summed E-state index contributed by atoms with van der Waals surface area (Å²) in [5, 5.41) is 0. The molecule has 0 rings (SSSR count). The lowest BCUT2D eigenvalue weighted by molar-refractivity contribution is -0.166. The van der Waals surface area contributed by atoms with Crippen molar-refractivity contribution in [3.63, 3.8) is 0 Å². The number of ether oxygens (including phenoxy) is 3. The van der Waals surface area contributed by atoms with Crippen LogP contribution in [0.25, 0.3) is 0 Å². The molecule has 0 radical (unpaired) electrons. The molecule has 0 aromatic carbocycles.